The third kappa shape index (κ3) is 3.52. The monoisotopic (exact) mass is 266 g/mol. The minimum atomic E-state index is 0.366. The molecule has 2 rings (SSSR count). The number of piperazine rings is 1. The van der Waals surface area contributed by atoms with Crippen molar-refractivity contribution in [3.63, 3.8) is 0 Å². The van der Waals surface area contributed by atoms with Crippen LogP contribution in [0.1, 0.15) is 67.2 Å². The second kappa shape index (κ2) is 5.37. The Bertz CT molecular complexity index is 303. The van der Waals surface area contributed by atoms with Gasteiger partial charge in [0, 0.05) is 31.2 Å². The molecular formula is C17H34N2. The molecule has 1 saturated carbocycles. The van der Waals surface area contributed by atoms with Crippen molar-refractivity contribution in [1.82, 2.24) is 10.2 Å². The lowest BCUT2D eigenvalue weighted by atomic mass is 9.83. The lowest BCUT2D eigenvalue weighted by Crippen LogP contribution is -2.62. The van der Waals surface area contributed by atoms with Crippen molar-refractivity contribution in [2.75, 3.05) is 13.1 Å². The summed E-state index contributed by atoms with van der Waals surface area (Å²) < 4.78 is 0. The van der Waals surface area contributed by atoms with E-state index in [2.05, 4.69) is 51.8 Å². The summed E-state index contributed by atoms with van der Waals surface area (Å²) in [5.74, 6) is 0. The molecule has 112 valence electrons. The predicted molar refractivity (Wildman–Crippen MR) is 83.5 cm³/mol. The normalized spacial score (nSPS) is 36.6. The molecule has 0 radical (unpaired) electrons. The zero-order valence-electron chi connectivity index (χ0n) is 13.9. The van der Waals surface area contributed by atoms with Gasteiger partial charge in [0.05, 0.1) is 0 Å². The number of nitrogens with zero attached hydrogens (tertiary/aromatic N) is 1. The number of nitrogens with one attached hydrogen (secondary N) is 1. The Labute approximate surface area is 120 Å². The van der Waals surface area contributed by atoms with Gasteiger partial charge in [-0.1, -0.05) is 41.5 Å². The third-order valence-corrected chi connectivity index (χ3v) is 5.39. The van der Waals surface area contributed by atoms with Gasteiger partial charge in [-0.05, 0) is 36.5 Å². The summed E-state index contributed by atoms with van der Waals surface area (Å²) in [6, 6.07) is 2.21. The molecule has 1 aliphatic carbocycles. The van der Waals surface area contributed by atoms with E-state index in [0.717, 1.165) is 12.1 Å². The topological polar surface area (TPSA) is 15.3 Å². The molecule has 1 N–H and O–H groups in total. The smallest absolute Gasteiger partial charge is 0.0244 e. The van der Waals surface area contributed by atoms with Gasteiger partial charge in [0.1, 0.15) is 0 Å². The van der Waals surface area contributed by atoms with Crippen molar-refractivity contribution in [3.05, 3.63) is 0 Å². The first-order chi connectivity index (χ1) is 8.73. The van der Waals surface area contributed by atoms with Crippen LogP contribution in [0.2, 0.25) is 0 Å². The molecule has 0 aromatic heterocycles. The zero-order chi connectivity index (χ0) is 14.3. The molecule has 19 heavy (non-hydrogen) atoms. The van der Waals surface area contributed by atoms with Gasteiger partial charge in [0.15, 0.2) is 0 Å². The first-order valence-corrected chi connectivity index (χ1v) is 8.22. The molecule has 0 bridgehead atoms. The van der Waals surface area contributed by atoms with E-state index in [1.54, 1.807) is 0 Å². The largest absolute Gasteiger partial charge is 0.311 e. The Morgan fingerprint density at radius 2 is 1.95 bits per heavy atom. The van der Waals surface area contributed by atoms with E-state index in [9.17, 15) is 0 Å². The van der Waals surface area contributed by atoms with Crippen molar-refractivity contribution in [2.45, 2.75) is 85.4 Å². The van der Waals surface area contributed by atoms with Crippen molar-refractivity contribution in [1.29, 1.82) is 0 Å². The van der Waals surface area contributed by atoms with Gasteiger partial charge in [-0.15, -0.1) is 0 Å². The van der Waals surface area contributed by atoms with E-state index < -0.39 is 0 Å². The lowest BCUT2D eigenvalue weighted by Gasteiger charge is -2.47. The van der Waals surface area contributed by atoms with Crippen LogP contribution >= 0.6 is 0 Å². The molecule has 0 amide bonds. The van der Waals surface area contributed by atoms with Gasteiger partial charge in [-0.25, -0.2) is 0 Å². The molecule has 1 saturated heterocycles. The lowest BCUT2D eigenvalue weighted by molar-refractivity contribution is 0.0461. The second-order valence-corrected chi connectivity index (χ2v) is 8.65. The maximum atomic E-state index is 3.79. The third-order valence-electron chi connectivity index (χ3n) is 5.39. The van der Waals surface area contributed by atoms with Crippen LogP contribution in [0.3, 0.4) is 0 Å². The van der Waals surface area contributed by atoms with Crippen molar-refractivity contribution in [3.8, 4) is 0 Å². The molecular weight excluding hydrogens is 232 g/mol. The van der Waals surface area contributed by atoms with Gasteiger partial charge >= 0.3 is 0 Å². The number of hydrogen-bond donors (Lipinski definition) is 1. The van der Waals surface area contributed by atoms with Crippen LogP contribution < -0.4 is 5.32 Å². The minimum absolute atomic E-state index is 0.366. The highest BCUT2D eigenvalue weighted by atomic mass is 15.3. The summed E-state index contributed by atoms with van der Waals surface area (Å²) in [6.45, 7) is 16.7. The van der Waals surface area contributed by atoms with Gasteiger partial charge in [0.25, 0.3) is 0 Å². The van der Waals surface area contributed by atoms with E-state index in [0.29, 0.717) is 16.9 Å². The highest BCUT2D eigenvalue weighted by molar-refractivity contribution is 4.97. The first-order valence-electron chi connectivity index (χ1n) is 8.22. The highest BCUT2D eigenvalue weighted by Crippen LogP contribution is 2.41. The van der Waals surface area contributed by atoms with E-state index in [1.165, 1.54) is 38.8 Å². The van der Waals surface area contributed by atoms with Gasteiger partial charge in [0.2, 0.25) is 0 Å². The van der Waals surface area contributed by atoms with Crippen LogP contribution in [0.4, 0.5) is 0 Å². The van der Waals surface area contributed by atoms with Crippen LogP contribution in [0.5, 0.6) is 0 Å². The quantitative estimate of drug-likeness (QED) is 0.820. The van der Waals surface area contributed by atoms with Crippen molar-refractivity contribution < 1.29 is 0 Å². The zero-order valence-corrected chi connectivity index (χ0v) is 13.9. The van der Waals surface area contributed by atoms with E-state index in [1.807, 2.05) is 0 Å². The van der Waals surface area contributed by atoms with Crippen molar-refractivity contribution >= 4 is 0 Å². The summed E-state index contributed by atoms with van der Waals surface area (Å²) in [5.41, 5.74) is 0.927. The first kappa shape index (κ1) is 15.3. The minimum Gasteiger partial charge on any atom is -0.311 e. The average Bonchev–Trinajstić information content (AvgIpc) is 2.67. The van der Waals surface area contributed by atoms with Gasteiger partial charge in [-0.3, -0.25) is 4.90 Å². The Hall–Kier alpha value is -0.0800. The molecule has 3 atom stereocenters. The summed E-state index contributed by atoms with van der Waals surface area (Å²) in [5, 5.41) is 3.79. The standard InChI is InChI=1S/C17H34N2/c1-7-13-11-18-15(16(2,3)4)12-19(13)14-8-9-17(5,6)10-14/h13-15,18H,7-12H2,1-6H3. The van der Waals surface area contributed by atoms with Crippen molar-refractivity contribution in [2.24, 2.45) is 10.8 Å². The number of hydrogen-bond acceptors (Lipinski definition) is 2. The van der Waals surface area contributed by atoms with Crippen LogP contribution in [0, 0.1) is 10.8 Å². The SMILES string of the molecule is CCC1CNC(C(C)(C)C)CN1C1CCC(C)(C)C1. The molecule has 1 aliphatic heterocycles. The average molecular weight is 266 g/mol. The van der Waals surface area contributed by atoms with Crippen LogP contribution in [0.25, 0.3) is 0 Å². The summed E-state index contributed by atoms with van der Waals surface area (Å²) >= 11 is 0. The van der Waals surface area contributed by atoms with E-state index in [-0.39, 0.29) is 0 Å². The van der Waals surface area contributed by atoms with E-state index >= 15 is 0 Å². The maximum absolute atomic E-state index is 3.79. The second-order valence-electron chi connectivity index (χ2n) is 8.65. The maximum Gasteiger partial charge on any atom is 0.0244 e. The van der Waals surface area contributed by atoms with E-state index in [4.69, 9.17) is 0 Å². The molecule has 2 heteroatoms. The molecule has 2 fully saturated rings. The molecule has 0 spiro atoms. The fourth-order valence-electron chi connectivity index (χ4n) is 3.91. The Morgan fingerprint density at radius 1 is 1.26 bits per heavy atom. The number of rotatable bonds is 2. The van der Waals surface area contributed by atoms with Crippen LogP contribution in [0.15, 0.2) is 0 Å². The molecule has 0 aromatic carbocycles. The van der Waals surface area contributed by atoms with Gasteiger partial charge < -0.3 is 5.32 Å². The Balaban J connectivity index is 2.06. The fourth-order valence-corrected chi connectivity index (χ4v) is 3.91. The molecule has 0 aromatic rings. The van der Waals surface area contributed by atoms with Crippen LogP contribution in [-0.2, 0) is 0 Å². The highest BCUT2D eigenvalue weighted by Gasteiger charge is 2.41. The predicted octanol–water partition coefficient (Wildman–Crippen LogP) is 3.66. The Kier molecular flexibility index (Phi) is 4.32. The van der Waals surface area contributed by atoms with Gasteiger partial charge in [-0.2, -0.15) is 0 Å². The fraction of sp³-hybridized carbons (Fsp3) is 1.00. The van der Waals surface area contributed by atoms with Crippen LogP contribution in [-0.4, -0.2) is 36.1 Å². The molecule has 2 nitrogen and oxygen atoms in total. The summed E-state index contributed by atoms with van der Waals surface area (Å²) in [4.78, 5) is 2.85. The molecule has 1 heterocycles. The summed E-state index contributed by atoms with van der Waals surface area (Å²) in [6.07, 6.45) is 5.47. The Morgan fingerprint density at radius 3 is 2.42 bits per heavy atom. The molecule has 2 aliphatic rings. The molecule has 3 unspecified atom stereocenters. The summed E-state index contributed by atoms with van der Waals surface area (Å²) in [7, 11) is 0.